The fourth-order valence-electron chi connectivity index (χ4n) is 3.59. The Morgan fingerprint density at radius 3 is 2.27 bits per heavy atom. The van der Waals surface area contributed by atoms with Crippen molar-refractivity contribution >= 4 is 40.2 Å². The average Bonchev–Trinajstić information content (AvgIpc) is 3.21. The van der Waals surface area contributed by atoms with Gasteiger partial charge in [0.2, 0.25) is 5.91 Å². The number of carboxylic acids is 2. The number of aliphatic carboxylic acids is 2. The van der Waals surface area contributed by atoms with Gasteiger partial charge in [-0.05, 0) is 38.7 Å². The maximum absolute atomic E-state index is 12.4. The molecule has 2 aliphatic rings. The molecule has 1 aromatic rings. The first-order valence-electron chi connectivity index (χ1n) is 9.49. The molecule has 1 aliphatic heterocycles. The number of carbonyl (C=O) groups is 4. The molecule has 30 heavy (non-hydrogen) atoms. The van der Waals surface area contributed by atoms with Crippen LogP contribution in [-0.2, 0) is 36.7 Å². The zero-order chi connectivity index (χ0) is 22.4. The Bertz CT molecular complexity index is 800. The number of anilines is 1. The summed E-state index contributed by atoms with van der Waals surface area (Å²) in [6, 6.07) is 0. The van der Waals surface area contributed by atoms with Crippen LogP contribution in [-0.4, -0.2) is 77.9 Å². The van der Waals surface area contributed by atoms with Gasteiger partial charge in [-0.15, -0.1) is 11.3 Å². The first-order chi connectivity index (χ1) is 14.1. The predicted molar refractivity (Wildman–Crippen MR) is 108 cm³/mol. The number of ether oxygens (including phenoxy) is 2. The molecular formula is C19H26N2O8S. The van der Waals surface area contributed by atoms with E-state index in [2.05, 4.69) is 10.2 Å². The molecule has 2 heterocycles. The highest BCUT2D eigenvalue weighted by atomic mass is 32.1. The van der Waals surface area contributed by atoms with Crippen LogP contribution < -0.4 is 5.32 Å². The third-order valence-electron chi connectivity index (χ3n) is 4.61. The van der Waals surface area contributed by atoms with Crippen molar-refractivity contribution in [2.24, 2.45) is 0 Å². The Hall–Kier alpha value is -2.50. The Morgan fingerprint density at radius 2 is 1.73 bits per heavy atom. The summed E-state index contributed by atoms with van der Waals surface area (Å²) in [5.74, 6) is -4.11. The normalized spacial score (nSPS) is 20.5. The number of aryl methyl sites for hydroxylation is 1. The van der Waals surface area contributed by atoms with Gasteiger partial charge in [-0.3, -0.25) is 9.69 Å². The van der Waals surface area contributed by atoms with Crippen LogP contribution in [0.3, 0.4) is 0 Å². The van der Waals surface area contributed by atoms with Crippen LogP contribution in [0.25, 0.3) is 0 Å². The summed E-state index contributed by atoms with van der Waals surface area (Å²) in [6.45, 7) is 5.81. The van der Waals surface area contributed by atoms with Crippen LogP contribution in [0.1, 0.15) is 41.1 Å². The second-order valence-corrected chi connectivity index (χ2v) is 8.27. The molecule has 0 aromatic carbocycles. The molecule has 11 heteroatoms. The lowest BCUT2D eigenvalue weighted by molar-refractivity contribution is -0.159. The molecule has 166 valence electrons. The number of hydrogen-bond acceptors (Lipinski definition) is 8. The zero-order valence-electron chi connectivity index (χ0n) is 17.1. The number of fused-ring (bicyclic) bond motifs is 1. The van der Waals surface area contributed by atoms with E-state index in [1.165, 1.54) is 23.3 Å². The second kappa shape index (κ2) is 10.5. The number of nitrogens with zero attached hydrogens (tertiary/aromatic N) is 1. The minimum atomic E-state index is -1.82. The molecule has 0 saturated carbocycles. The van der Waals surface area contributed by atoms with E-state index in [0.29, 0.717) is 17.1 Å². The fourth-order valence-corrected chi connectivity index (χ4v) is 4.89. The molecule has 10 nitrogen and oxygen atoms in total. The maximum Gasteiger partial charge on any atom is 0.414 e. The lowest BCUT2D eigenvalue weighted by Gasteiger charge is -2.34. The number of rotatable bonds is 4. The number of thiophene rings is 1. The minimum absolute atomic E-state index is 0.0959. The van der Waals surface area contributed by atoms with Crippen molar-refractivity contribution in [3.8, 4) is 0 Å². The fraction of sp³-hybridized carbons (Fsp3) is 0.579. The lowest BCUT2D eigenvalue weighted by atomic mass is 10.1. The summed E-state index contributed by atoms with van der Waals surface area (Å²) in [4.78, 5) is 46.0. The van der Waals surface area contributed by atoms with E-state index in [-0.39, 0.29) is 24.1 Å². The quantitative estimate of drug-likeness (QED) is 0.463. The number of carbonyl (C=O) groups excluding carboxylic acids is 2. The monoisotopic (exact) mass is 442 g/mol. The third kappa shape index (κ3) is 6.25. The van der Waals surface area contributed by atoms with Crippen LogP contribution in [0.4, 0.5) is 5.00 Å². The highest BCUT2D eigenvalue weighted by molar-refractivity contribution is 7.17. The predicted octanol–water partition coefficient (Wildman–Crippen LogP) is 1.23. The van der Waals surface area contributed by atoms with E-state index < -0.39 is 11.9 Å². The van der Waals surface area contributed by atoms with Crippen molar-refractivity contribution in [3.63, 3.8) is 0 Å². The van der Waals surface area contributed by atoms with Crippen molar-refractivity contribution in [1.82, 2.24) is 4.90 Å². The van der Waals surface area contributed by atoms with E-state index in [0.717, 1.165) is 37.9 Å². The largest absolute Gasteiger partial charge is 0.473 e. The number of hydrogen-bond donors (Lipinski definition) is 3. The van der Waals surface area contributed by atoms with Crippen LogP contribution in [0, 0.1) is 0 Å². The van der Waals surface area contributed by atoms with Crippen molar-refractivity contribution in [1.29, 1.82) is 0 Å². The molecule has 3 rings (SSSR count). The first kappa shape index (κ1) is 23.8. The summed E-state index contributed by atoms with van der Waals surface area (Å²) in [5.41, 5.74) is 1.60. The van der Waals surface area contributed by atoms with Gasteiger partial charge >= 0.3 is 17.9 Å². The van der Waals surface area contributed by atoms with Gasteiger partial charge < -0.3 is 25.0 Å². The molecule has 0 bridgehead atoms. The van der Waals surface area contributed by atoms with Crippen molar-refractivity contribution in [2.45, 2.75) is 45.3 Å². The van der Waals surface area contributed by atoms with Gasteiger partial charge in [0, 0.05) is 18.0 Å². The van der Waals surface area contributed by atoms with Crippen LogP contribution >= 0.6 is 11.3 Å². The van der Waals surface area contributed by atoms with Gasteiger partial charge in [-0.1, -0.05) is 0 Å². The third-order valence-corrected chi connectivity index (χ3v) is 5.82. The standard InChI is InChI=1S/C17H24N2O4S.C2H2O4/c1-10-7-19(8-11(2)23-10)9-14(20)18-16-15(17(21)22-3)12-5-4-6-13(12)24-16;3-1(4)2(5)6/h10-11H,4-9H2,1-3H3,(H,18,20);(H,3,4)(H,5,6). The summed E-state index contributed by atoms with van der Waals surface area (Å²) in [6.07, 6.45) is 3.15. The second-order valence-electron chi connectivity index (χ2n) is 7.16. The summed E-state index contributed by atoms with van der Waals surface area (Å²) < 4.78 is 10.6. The Balaban J connectivity index is 0.000000469. The molecule has 3 N–H and O–H groups in total. The summed E-state index contributed by atoms with van der Waals surface area (Å²) in [7, 11) is 1.38. The number of esters is 1. The summed E-state index contributed by atoms with van der Waals surface area (Å²) in [5, 5.41) is 18.3. The number of methoxy groups -OCH3 is 1. The Kier molecular flexibility index (Phi) is 8.33. The van der Waals surface area contributed by atoms with E-state index in [1.54, 1.807) is 0 Å². The minimum Gasteiger partial charge on any atom is -0.473 e. The molecule has 1 fully saturated rings. The van der Waals surface area contributed by atoms with E-state index in [9.17, 15) is 9.59 Å². The van der Waals surface area contributed by atoms with Crippen molar-refractivity contribution < 1.29 is 38.9 Å². The summed E-state index contributed by atoms with van der Waals surface area (Å²) >= 11 is 1.51. The van der Waals surface area contributed by atoms with Crippen LogP contribution in [0.2, 0.25) is 0 Å². The van der Waals surface area contributed by atoms with Crippen LogP contribution in [0.5, 0.6) is 0 Å². The SMILES string of the molecule is COC(=O)c1c(NC(=O)CN2CC(C)OC(C)C2)sc2c1CCC2.O=C(O)C(=O)O. The zero-order valence-corrected chi connectivity index (χ0v) is 17.9. The number of morpholine rings is 1. The van der Waals surface area contributed by atoms with Crippen LogP contribution in [0.15, 0.2) is 0 Å². The molecule has 2 atom stereocenters. The van der Waals surface area contributed by atoms with Gasteiger partial charge in [-0.2, -0.15) is 0 Å². The van der Waals surface area contributed by atoms with E-state index in [1.807, 2.05) is 13.8 Å². The maximum atomic E-state index is 12.4. The Morgan fingerprint density at radius 1 is 1.13 bits per heavy atom. The van der Waals surface area contributed by atoms with Crippen molar-refractivity contribution in [2.75, 3.05) is 32.1 Å². The average molecular weight is 442 g/mol. The topological polar surface area (TPSA) is 142 Å². The number of nitrogens with one attached hydrogen (secondary N) is 1. The number of amides is 1. The van der Waals surface area contributed by atoms with Gasteiger partial charge in [0.15, 0.2) is 0 Å². The van der Waals surface area contributed by atoms with Gasteiger partial charge in [0.05, 0.1) is 31.4 Å². The Labute approximate surface area is 177 Å². The lowest BCUT2D eigenvalue weighted by Crippen LogP contribution is -2.48. The molecule has 1 aromatic heterocycles. The highest BCUT2D eigenvalue weighted by Crippen LogP contribution is 2.39. The van der Waals surface area contributed by atoms with Gasteiger partial charge in [0.25, 0.3) is 0 Å². The molecule has 0 spiro atoms. The molecule has 1 saturated heterocycles. The first-order valence-corrected chi connectivity index (χ1v) is 10.3. The molecule has 2 unspecified atom stereocenters. The molecule has 1 aliphatic carbocycles. The highest BCUT2D eigenvalue weighted by Gasteiger charge is 2.29. The number of carboxylic acid groups (broad SMARTS) is 2. The molecular weight excluding hydrogens is 416 g/mol. The molecule has 0 radical (unpaired) electrons. The smallest absolute Gasteiger partial charge is 0.414 e. The van der Waals surface area contributed by atoms with Crippen molar-refractivity contribution in [3.05, 3.63) is 16.0 Å². The van der Waals surface area contributed by atoms with E-state index >= 15 is 0 Å². The van der Waals surface area contributed by atoms with E-state index in [4.69, 9.17) is 29.3 Å². The van der Waals surface area contributed by atoms with Gasteiger partial charge in [0.1, 0.15) is 5.00 Å². The molecule has 1 amide bonds. The van der Waals surface area contributed by atoms with Gasteiger partial charge in [-0.25, -0.2) is 14.4 Å².